The summed E-state index contributed by atoms with van der Waals surface area (Å²) in [5.74, 6) is -3.26. The van der Waals surface area contributed by atoms with Crippen molar-refractivity contribution in [1.29, 1.82) is 0 Å². The fourth-order valence-electron chi connectivity index (χ4n) is 1.22. The number of aryl methyl sites for hydroxylation is 1. The lowest BCUT2D eigenvalue weighted by Crippen LogP contribution is -2.18. The maximum Gasteiger partial charge on any atom is 0.379 e. The molecular weight excluding hydrogens is 215 g/mol. The molecule has 1 aromatic rings. The molecule has 0 aliphatic heterocycles. The minimum absolute atomic E-state index is 0.0413. The van der Waals surface area contributed by atoms with Crippen molar-refractivity contribution >= 4 is 11.8 Å². The number of halogens is 1. The van der Waals surface area contributed by atoms with Gasteiger partial charge in [0, 0.05) is 0 Å². The van der Waals surface area contributed by atoms with Crippen LogP contribution in [0.4, 0.5) is 4.39 Å². The summed E-state index contributed by atoms with van der Waals surface area (Å²) in [5.41, 5.74) is -0.191. The quantitative estimate of drug-likeness (QED) is 0.483. The van der Waals surface area contributed by atoms with E-state index in [1.807, 2.05) is 0 Å². The van der Waals surface area contributed by atoms with Gasteiger partial charge < -0.3 is 9.84 Å². The van der Waals surface area contributed by atoms with E-state index in [0.717, 1.165) is 12.1 Å². The van der Waals surface area contributed by atoms with Gasteiger partial charge in [-0.25, -0.2) is 9.18 Å². The average molecular weight is 226 g/mol. The third-order valence-corrected chi connectivity index (χ3v) is 1.97. The van der Waals surface area contributed by atoms with Crippen molar-refractivity contribution in [3.63, 3.8) is 0 Å². The molecule has 0 unspecified atom stereocenters. The summed E-state index contributed by atoms with van der Waals surface area (Å²) < 4.78 is 17.5. The van der Waals surface area contributed by atoms with Gasteiger partial charge in [0.05, 0.1) is 12.2 Å². The lowest BCUT2D eigenvalue weighted by atomic mass is 10.1. The first-order valence-corrected chi connectivity index (χ1v) is 4.68. The summed E-state index contributed by atoms with van der Waals surface area (Å²) in [7, 11) is 0. The second kappa shape index (κ2) is 4.74. The van der Waals surface area contributed by atoms with Gasteiger partial charge >= 0.3 is 5.97 Å². The number of carbonyl (C=O) groups is 2. The number of Topliss-reactive ketones (excluding diaryl/α,β-unsaturated/α-hetero) is 1. The highest BCUT2D eigenvalue weighted by Crippen LogP contribution is 2.24. The number of ether oxygens (including phenoxy) is 1. The highest BCUT2D eigenvalue weighted by Gasteiger charge is 2.22. The Morgan fingerprint density at radius 3 is 2.62 bits per heavy atom. The van der Waals surface area contributed by atoms with Crippen LogP contribution in [0.15, 0.2) is 12.1 Å². The van der Waals surface area contributed by atoms with Gasteiger partial charge in [0.25, 0.3) is 5.78 Å². The van der Waals surface area contributed by atoms with Crippen LogP contribution in [0.3, 0.4) is 0 Å². The van der Waals surface area contributed by atoms with E-state index in [-0.39, 0.29) is 17.7 Å². The summed E-state index contributed by atoms with van der Waals surface area (Å²) in [4.78, 5) is 22.6. The first-order valence-electron chi connectivity index (χ1n) is 4.68. The van der Waals surface area contributed by atoms with Crippen LogP contribution < -0.4 is 0 Å². The second-order valence-corrected chi connectivity index (χ2v) is 3.17. The summed E-state index contributed by atoms with van der Waals surface area (Å²) in [5, 5.41) is 9.51. The van der Waals surface area contributed by atoms with Crippen molar-refractivity contribution in [3.8, 4) is 5.75 Å². The van der Waals surface area contributed by atoms with Crippen LogP contribution in [0.25, 0.3) is 0 Å². The molecule has 0 atom stereocenters. The lowest BCUT2D eigenvalue weighted by Gasteiger charge is -2.06. The topological polar surface area (TPSA) is 63.6 Å². The molecule has 16 heavy (non-hydrogen) atoms. The molecule has 0 saturated carbocycles. The number of phenolic OH excluding ortho intramolecular Hbond substituents is 1. The van der Waals surface area contributed by atoms with Gasteiger partial charge in [-0.1, -0.05) is 0 Å². The highest BCUT2D eigenvalue weighted by atomic mass is 19.1. The summed E-state index contributed by atoms with van der Waals surface area (Å²) >= 11 is 0. The number of hydrogen-bond donors (Lipinski definition) is 1. The Morgan fingerprint density at radius 2 is 2.06 bits per heavy atom. The normalized spacial score (nSPS) is 9.94. The van der Waals surface area contributed by atoms with E-state index in [0.29, 0.717) is 0 Å². The third kappa shape index (κ3) is 2.36. The number of ketones is 1. The molecule has 1 N–H and O–H groups in total. The van der Waals surface area contributed by atoms with Crippen molar-refractivity contribution in [3.05, 3.63) is 29.1 Å². The zero-order chi connectivity index (χ0) is 12.3. The number of benzene rings is 1. The van der Waals surface area contributed by atoms with Gasteiger partial charge in [-0.3, -0.25) is 4.79 Å². The Bertz CT molecular complexity index is 440. The average Bonchev–Trinajstić information content (AvgIpc) is 2.22. The van der Waals surface area contributed by atoms with Crippen LogP contribution in [-0.2, 0) is 9.53 Å². The van der Waals surface area contributed by atoms with Gasteiger partial charge in [-0.2, -0.15) is 0 Å². The molecule has 0 saturated heterocycles. The van der Waals surface area contributed by atoms with Crippen LogP contribution >= 0.6 is 0 Å². The molecule has 0 radical (unpaired) electrons. The van der Waals surface area contributed by atoms with Gasteiger partial charge in [-0.05, 0) is 31.5 Å². The summed E-state index contributed by atoms with van der Waals surface area (Å²) in [6.45, 7) is 3.02. The van der Waals surface area contributed by atoms with Crippen LogP contribution in [0.5, 0.6) is 5.75 Å². The van der Waals surface area contributed by atoms with Crippen molar-refractivity contribution in [2.45, 2.75) is 13.8 Å². The smallest absolute Gasteiger partial charge is 0.379 e. The molecule has 0 bridgehead atoms. The van der Waals surface area contributed by atoms with E-state index in [2.05, 4.69) is 4.74 Å². The Kier molecular flexibility index (Phi) is 3.60. The van der Waals surface area contributed by atoms with E-state index in [4.69, 9.17) is 0 Å². The molecule has 86 valence electrons. The van der Waals surface area contributed by atoms with Crippen molar-refractivity contribution in [2.24, 2.45) is 0 Å². The molecule has 1 aromatic carbocycles. The van der Waals surface area contributed by atoms with Gasteiger partial charge in [0.1, 0.15) is 11.6 Å². The fraction of sp³-hybridized carbons (Fsp3) is 0.273. The lowest BCUT2D eigenvalue weighted by molar-refractivity contribution is -0.137. The highest BCUT2D eigenvalue weighted by molar-refractivity contribution is 6.41. The Hall–Kier alpha value is -1.91. The van der Waals surface area contributed by atoms with E-state index < -0.39 is 23.3 Å². The predicted molar refractivity (Wildman–Crippen MR) is 53.8 cm³/mol. The minimum atomic E-state index is -1.11. The summed E-state index contributed by atoms with van der Waals surface area (Å²) in [6.07, 6.45) is 0. The molecule has 0 amide bonds. The SMILES string of the molecule is CCOC(=O)C(=O)c1cc(F)cc(C)c1O. The molecule has 0 spiro atoms. The van der Waals surface area contributed by atoms with Crippen molar-refractivity contribution in [2.75, 3.05) is 6.61 Å². The standard InChI is InChI=1S/C11H11FO4/c1-3-16-11(15)10(14)8-5-7(12)4-6(2)9(8)13/h4-5,13H,3H2,1-2H3. The minimum Gasteiger partial charge on any atom is -0.507 e. The molecule has 0 aromatic heterocycles. The Labute approximate surface area is 91.7 Å². The summed E-state index contributed by atoms with van der Waals surface area (Å²) in [6, 6.07) is 1.87. The van der Waals surface area contributed by atoms with Crippen molar-refractivity contribution < 1.29 is 23.8 Å². The van der Waals surface area contributed by atoms with Gasteiger partial charge in [0.15, 0.2) is 0 Å². The Morgan fingerprint density at radius 1 is 1.44 bits per heavy atom. The van der Waals surface area contributed by atoms with E-state index in [1.54, 1.807) is 6.92 Å². The monoisotopic (exact) mass is 226 g/mol. The molecular formula is C11H11FO4. The largest absolute Gasteiger partial charge is 0.507 e. The number of carbonyl (C=O) groups excluding carboxylic acids is 2. The molecule has 0 fully saturated rings. The number of hydrogen-bond acceptors (Lipinski definition) is 4. The fourth-order valence-corrected chi connectivity index (χ4v) is 1.22. The predicted octanol–water partition coefficient (Wildman–Crippen LogP) is 1.59. The van der Waals surface area contributed by atoms with E-state index in [9.17, 15) is 19.1 Å². The molecule has 1 rings (SSSR count). The van der Waals surface area contributed by atoms with E-state index in [1.165, 1.54) is 6.92 Å². The zero-order valence-corrected chi connectivity index (χ0v) is 8.91. The van der Waals surface area contributed by atoms with Gasteiger partial charge in [-0.15, -0.1) is 0 Å². The first-order chi connectivity index (χ1) is 7.47. The maximum absolute atomic E-state index is 13.0. The number of phenols is 1. The molecule has 0 aliphatic carbocycles. The molecule has 0 aliphatic rings. The maximum atomic E-state index is 13.0. The first kappa shape index (κ1) is 12.2. The number of esters is 1. The van der Waals surface area contributed by atoms with Crippen LogP contribution in [0, 0.1) is 12.7 Å². The molecule has 4 nitrogen and oxygen atoms in total. The molecule has 0 heterocycles. The van der Waals surface area contributed by atoms with Gasteiger partial charge in [0.2, 0.25) is 0 Å². The number of rotatable bonds is 3. The number of aromatic hydroxyl groups is 1. The van der Waals surface area contributed by atoms with Crippen LogP contribution in [0.2, 0.25) is 0 Å². The van der Waals surface area contributed by atoms with Crippen molar-refractivity contribution in [1.82, 2.24) is 0 Å². The third-order valence-electron chi connectivity index (χ3n) is 1.97. The molecule has 5 heteroatoms. The van der Waals surface area contributed by atoms with Crippen LogP contribution in [0.1, 0.15) is 22.8 Å². The van der Waals surface area contributed by atoms with Crippen LogP contribution in [-0.4, -0.2) is 23.5 Å². The van der Waals surface area contributed by atoms with E-state index >= 15 is 0 Å². The zero-order valence-electron chi connectivity index (χ0n) is 8.91. The Balaban J connectivity index is 3.13. The second-order valence-electron chi connectivity index (χ2n) is 3.17.